The summed E-state index contributed by atoms with van der Waals surface area (Å²) in [4.78, 5) is 28.5. The Hall–Kier alpha value is -9.08. The summed E-state index contributed by atoms with van der Waals surface area (Å²) in [6, 6.07) is 70.9. The fourth-order valence-electron chi connectivity index (χ4n) is 12.0. The van der Waals surface area contributed by atoms with E-state index in [-0.39, 0.29) is 13.2 Å². The number of para-hydroxylation sites is 4. The molecule has 0 amide bonds. The van der Waals surface area contributed by atoms with Crippen molar-refractivity contribution in [2.45, 2.75) is 130 Å². The Morgan fingerprint density at radius 1 is 0.402 bits per heavy atom. The molecule has 87 heavy (non-hydrogen) atoms. The highest BCUT2D eigenvalue weighted by atomic mass is 16.7. The van der Waals surface area contributed by atoms with Crippen molar-refractivity contribution in [1.29, 1.82) is 0 Å². The van der Waals surface area contributed by atoms with Crippen LogP contribution in [0.2, 0.25) is 0 Å². The number of unbranched alkanes of at least 4 members (excludes halogenated alkanes) is 4. The molecule has 2 aromatic heterocycles. The van der Waals surface area contributed by atoms with Gasteiger partial charge in [0, 0.05) is 49.7 Å². The van der Waals surface area contributed by atoms with Gasteiger partial charge in [-0.25, -0.2) is 9.59 Å². The Labute approximate surface area is 511 Å². The standard InChI is InChI=1S/C78H79NO8/c1-7-9-48-77(3,4)86-75(80)82-50-20-18-26-60-52-58(63-30-22-32-67-65-28-14-16-34-71(65)84-73(63)67)42-46-69(60)79(62-44-40-57(41-45-62)56-38-36-55(37-39-56)54-24-12-11-13-25-54)70-47-43-59(64-31-23-33-68-66-29-15-17-35-72(66)85-74(64)68)53-61(70)27-19-21-51-83-76(81)87-78(5,6)49-10-8-2/h11-17,22-25,28-47,52-53H,7-10,18-21,26-27,48-51H2,1-6H3. The van der Waals surface area contributed by atoms with Crippen molar-refractivity contribution in [3.05, 3.63) is 211 Å². The van der Waals surface area contributed by atoms with E-state index in [1.54, 1.807) is 0 Å². The Morgan fingerprint density at radius 3 is 1.24 bits per heavy atom. The molecule has 0 radical (unpaired) electrons. The van der Waals surface area contributed by atoms with Crippen LogP contribution >= 0.6 is 0 Å². The normalized spacial score (nSPS) is 11.8. The smallest absolute Gasteiger partial charge is 0.455 e. The summed E-state index contributed by atoms with van der Waals surface area (Å²) in [5, 5.41) is 4.28. The molecule has 9 heteroatoms. The Morgan fingerprint density at radius 2 is 0.793 bits per heavy atom. The fourth-order valence-corrected chi connectivity index (χ4v) is 12.0. The van der Waals surface area contributed by atoms with Crippen molar-refractivity contribution in [2.24, 2.45) is 0 Å². The largest absolute Gasteiger partial charge is 0.508 e. The van der Waals surface area contributed by atoms with Crippen LogP contribution in [0.4, 0.5) is 26.7 Å². The fraction of sp³-hybridized carbons (Fsp3) is 0.282. The maximum Gasteiger partial charge on any atom is 0.508 e. The third-order valence-corrected chi connectivity index (χ3v) is 16.6. The number of ether oxygens (including phenoxy) is 4. The molecule has 9 aromatic carbocycles. The van der Waals surface area contributed by atoms with Crippen LogP contribution in [-0.2, 0) is 31.8 Å². The van der Waals surface area contributed by atoms with Gasteiger partial charge in [0.25, 0.3) is 0 Å². The molecule has 0 atom stereocenters. The van der Waals surface area contributed by atoms with Crippen LogP contribution in [0, 0.1) is 0 Å². The summed E-state index contributed by atoms with van der Waals surface area (Å²) in [5.74, 6) is 0. The summed E-state index contributed by atoms with van der Waals surface area (Å²) in [7, 11) is 0. The van der Waals surface area contributed by atoms with E-state index >= 15 is 0 Å². The van der Waals surface area contributed by atoms with Crippen LogP contribution < -0.4 is 4.90 Å². The monoisotopic (exact) mass is 1160 g/mol. The first-order valence-electron chi connectivity index (χ1n) is 31.2. The number of carbonyl (C=O) groups is 2. The molecular weight excluding hydrogens is 1080 g/mol. The number of hydrogen-bond acceptors (Lipinski definition) is 9. The molecular formula is C78H79NO8. The van der Waals surface area contributed by atoms with Gasteiger partial charge in [-0.15, -0.1) is 0 Å². The molecule has 0 aliphatic rings. The summed E-state index contributed by atoms with van der Waals surface area (Å²) in [6.45, 7) is 12.5. The molecule has 444 valence electrons. The highest BCUT2D eigenvalue weighted by Crippen LogP contribution is 2.45. The average Bonchev–Trinajstić information content (AvgIpc) is 2.53. The van der Waals surface area contributed by atoms with E-state index in [0.29, 0.717) is 25.7 Å². The van der Waals surface area contributed by atoms with Crippen LogP contribution in [0.15, 0.2) is 209 Å². The number of hydrogen-bond donors (Lipinski definition) is 0. The van der Waals surface area contributed by atoms with E-state index in [4.69, 9.17) is 27.8 Å². The first-order chi connectivity index (χ1) is 42.3. The van der Waals surface area contributed by atoms with Crippen molar-refractivity contribution in [3.63, 3.8) is 0 Å². The van der Waals surface area contributed by atoms with E-state index in [1.165, 1.54) is 5.56 Å². The molecule has 2 heterocycles. The van der Waals surface area contributed by atoms with Gasteiger partial charge < -0.3 is 32.7 Å². The topological polar surface area (TPSA) is 101 Å². The zero-order valence-electron chi connectivity index (χ0n) is 51.2. The highest BCUT2D eigenvalue weighted by molar-refractivity contribution is 6.11. The number of aryl methyl sites for hydroxylation is 2. The van der Waals surface area contributed by atoms with Crippen LogP contribution in [-0.4, -0.2) is 36.7 Å². The van der Waals surface area contributed by atoms with Crippen LogP contribution in [0.5, 0.6) is 0 Å². The number of furan rings is 2. The van der Waals surface area contributed by atoms with Gasteiger partial charge in [0.1, 0.15) is 33.5 Å². The van der Waals surface area contributed by atoms with E-state index in [9.17, 15) is 9.59 Å². The zero-order chi connectivity index (χ0) is 60.3. The Kier molecular flexibility index (Phi) is 18.6. The first-order valence-corrected chi connectivity index (χ1v) is 31.2. The molecule has 0 N–H and O–H groups in total. The summed E-state index contributed by atoms with van der Waals surface area (Å²) in [5.41, 5.74) is 16.0. The number of fused-ring (bicyclic) bond motifs is 6. The second-order valence-electron chi connectivity index (χ2n) is 24.1. The van der Waals surface area contributed by atoms with E-state index in [1.807, 2.05) is 58.0 Å². The number of rotatable bonds is 25. The van der Waals surface area contributed by atoms with Gasteiger partial charge in [-0.05, 0) is 185 Å². The van der Waals surface area contributed by atoms with Gasteiger partial charge in [0.15, 0.2) is 0 Å². The molecule has 11 rings (SSSR count). The minimum absolute atomic E-state index is 0.231. The Bertz CT molecular complexity index is 3930. The quantitative estimate of drug-likeness (QED) is 0.0409. The highest BCUT2D eigenvalue weighted by Gasteiger charge is 2.26. The predicted octanol–water partition coefficient (Wildman–Crippen LogP) is 22.5. The van der Waals surface area contributed by atoms with E-state index in [0.717, 1.165) is 162 Å². The van der Waals surface area contributed by atoms with Gasteiger partial charge in [0.2, 0.25) is 0 Å². The molecule has 0 unspecified atom stereocenters. The molecule has 11 aromatic rings. The molecule has 0 spiro atoms. The van der Waals surface area contributed by atoms with Gasteiger partial charge in [-0.3, -0.25) is 0 Å². The van der Waals surface area contributed by atoms with Crippen molar-refractivity contribution in [3.8, 4) is 44.5 Å². The molecule has 0 fully saturated rings. The zero-order valence-corrected chi connectivity index (χ0v) is 51.2. The lowest BCUT2D eigenvalue weighted by atomic mass is 9.94. The lowest BCUT2D eigenvalue weighted by Gasteiger charge is -2.31. The third kappa shape index (κ3) is 14.1. The van der Waals surface area contributed by atoms with Crippen molar-refractivity contribution in [2.75, 3.05) is 18.1 Å². The molecule has 0 aliphatic heterocycles. The van der Waals surface area contributed by atoms with Crippen molar-refractivity contribution < 1.29 is 37.4 Å². The summed E-state index contributed by atoms with van der Waals surface area (Å²) < 4.78 is 36.4. The third-order valence-electron chi connectivity index (χ3n) is 16.6. The van der Waals surface area contributed by atoms with Gasteiger partial charge in [-0.1, -0.05) is 178 Å². The maximum atomic E-state index is 13.1. The second kappa shape index (κ2) is 27.1. The maximum absolute atomic E-state index is 13.1. The molecule has 0 bridgehead atoms. The lowest BCUT2D eigenvalue weighted by molar-refractivity contribution is -0.0227. The lowest BCUT2D eigenvalue weighted by Crippen LogP contribution is -2.28. The summed E-state index contributed by atoms with van der Waals surface area (Å²) >= 11 is 0. The predicted molar refractivity (Wildman–Crippen MR) is 355 cm³/mol. The van der Waals surface area contributed by atoms with Gasteiger partial charge >= 0.3 is 12.3 Å². The van der Waals surface area contributed by atoms with Crippen molar-refractivity contribution in [1.82, 2.24) is 0 Å². The minimum atomic E-state index is -0.634. The number of carbonyl (C=O) groups excluding carboxylic acids is 2. The van der Waals surface area contributed by atoms with E-state index < -0.39 is 23.5 Å². The molecule has 0 aliphatic carbocycles. The van der Waals surface area contributed by atoms with Crippen LogP contribution in [0.3, 0.4) is 0 Å². The van der Waals surface area contributed by atoms with Crippen LogP contribution in [0.25, 0.3) is 88.4 Å². The molecule has 9 nitrogen and oxygen atoms in total. The number of anilines is 3. The summed E-state index contributed by atoms with van der Waals surface area (Å²) in [6.07, 6.45) is 8.30. The van der Waals surface area contributed by atoms with Gasteiger partial charge in [0.05, 0.1) is 13.2 Å². The number of nitrogens with zero attached hydrogens (tertiary/aromatic N) is 1. The molecule has 0 saturated heterocycles. The second-order valence-corrected chi connectivity index (χ2v) is 24.1. The SMILES string of the molecule is CCCCC(C)(C)OC(=O)OCCCCc1cc(-c2cccc3c2oc2ccccc23)ccc1N(c1ccc(-c2ccc(-c3ccccc3)cc2)cc1)c1ccc(-c2cccc3c2oc2ccccc23)cc1CCCCOC(=O)OC(C)(C)CCCC. The van der Waals surface area contributed by atoms with E-state index in [2.05, 4.69) is 189 Å². The average molecular weight is 1160 g/mol. The van der Waals surface area contributed by atoms with Crippen LogP contribution in [0.1, 0.15) is 117 Å². The minimum Gasteiger partial charge on any atom is -0.455 e. The number of benzene rings is 9. The molecule has 0 saturated carbocycles. The Balaban J connectivity index is 1.00. The first kappa shape index (κ1) is 59.6. The van der Waals surface area contributed by atoms with Gasteiger partial charge in [-0.2, -0.15) is 0 Å². The van der Waals surface area contributed by atoms with Crippen molar-refractivity contribution >= 4 is 73.2 Å².